The third-order valence-corrected chi connectivity index (χ3v) is 3.89. The Hall–Kier alpha value is -2.80. The molecule has 3 rings (SSSR count). The van der Waals surface area contributed by atoms with Crippen LogP contribution in [0.1, 0.15) is 17.9 Å². The predicted octanol–water partition coefficient (Wildman–Crippen LogP) is 2.24. The van der Waals surface area contributed by atoms with Crippen molar-refractivity contribution in [2.45, 2.75) is 19.4 Å². The van der Waals surface area contributed by atoms with Crippen LogP contribution < -0.4 is 10.6 Å². The molecule has 0 aliphatic heterocycles. The molecule has 2 N–H and O–H groups in total. The molecule has 0 atom stereocenters. The highest BCUT2D eigenvalue weighted by molar-refractivity contribution is 5.79. The third-order valence-electron chi connectivity index (χ3n) is 3.89. The van der Waals surface area contributed by atoms with E-state index in [0.717, 1.165) is 49.0 Å². The molecule has 7 heteroatoms. The van der Waals surface area contributed by atoms with Gasteiger partial charge in [0.2, 0.25) is 0 Å². The van der Waals surface area contributed by atoms with E-state index in [0.29, 0.717) is 13.2 Å². The molecule has 0 fully saturated rings. The number of aliphatic imine (C=N–C) groups is 1. The first-order valence-electron chi connectivity index (χ1n) is 8.82. The molecule has 0 saturated carbocycles. The van der Waals surface area contributed by atoms with E-state index in [4.69, 9.17) is 9.15 Å². The first-order chi connectivity index (χ1) is 12.8. The van der Waals surface area contributed by atoms with Crippen LogP contribution in [0.3, 0.4) is 0 Å². The molecule has 0 saturated heterocycles. The molecule has 0 spiro atoms. The maximum absolute atomic E-state index is 5.56. The minimum atomic E-state index is 0.513. The Morgan fingerprint density at radius 1 is 1.23 bits per heavy atom. The number of nitrogens with zero attached hydrogens (tertiary/aromatic N) is 3. The van der Waals surface area contributed by atoms with E-state index in [2.05, 4.69) is 26.8 Å². The van der Waals surface area contributed by atoms with Gasteiger partial charge in [-0.05, 0) is 30.7 Å². The average Bonchev–Trinajstić information content (AvgIpc) is 3.32. The number of guanidine groups is 1. The lowest BCUT2D eigenvalue weighted by Crippen LogP contribution is -2.39. The van der Waals surface area contributed by atoms with Crippen molar-refractivity contribution in [3.8, 4) is 0 Å². The van der Waals surface area contributed by atoms with Gasteiger partial charge in [-0.25, -0.2) is 4.98 Å². The van der Waals surface area contributed by atoms with Crippen molar-refractivity contribution in [3.05, 3.63) is 60.4 Å². The van der Waals surface area contributed by atoms with Gasteiger partial charge in [0.05, 0.1) is 12.0 Å². The van der Waals surface area contributed by atoms with Gasteiger partial charge < -0.3 is 24.2 Å². The summed E-state index contributed by atoms with van der Waals surface area (Å²) in [5, 5.41) is 6.60. The second-order valence-corrected chi connectivity index (χ2v) is 5.86. The number of imidazole rings is 1. The highest BCUT2D eigenvalue weighted by atomic mass is 16.5. The van der Waals surface area contributed by atoms with Crippen molar-refractivity contribution in [2.75, 3.05) is 26.7 Å². The first kappa shape index (κ1) is 18.0. The van der Waals surface area contributed by atoms with Crippen LogP contribution in [0.15, 0.2) is 58.4 Å². The van der Waals surface area contributed by atoms with Crippen LogP contribution >= 0.6 is 0 Å². The molecular weight excluding hydrogens is 330 g/mol. The SMILES string of the molecule is CN=C(NCCCOCc1ccco1)NCCc1cn2ccccc2n1. The van der Waals surface area contributed by atoms with Gasteiger partial charge in [-0.15, -0.1) is 0 Å². The lowest BCUT2D eigenvalue weighted by molar-refractivity contribution is 0.105. The fraction of sp³-hybridized carbons (Fsp3) is 0.368. The van der Waals surface area contributed by atoms with Crippen molar-refractivity contribution in [2.24, 2.45) is 4.99 Å². The molecular formula is C19H25N5O2. The zero-order chi connectivity index (χ0) is 18.0. The summed E-state index contributed by atoms with van der Waals surface area (Å²) in [7, 11) is 1.77. The number of furan rings is 1. The fourth-order valence-corrected chi connectivity index (χ4v) is 2.59. The Morgan fingerprint density at radius 3 is 2.96 bits per heavy atom. The Bertz CT molecular complexity index is 777. The van der Waals surface area contributed by atoms with Crippen molar-refractivity contribution in [1.82, 2.24) is 20.0 Å². The molecule has 0 amide bonds. The molecule has 0 aliphatic rings. The lowest BCUT2D eigenvalue weighted by Gasteiger charge is -2.11. The molecule has 3 aromatic heterocycles. The summed E-state index contributed by atoms with van der Waals surface area (Å²) in [5.41, 5.74) is 2.03. The molecule has 3 heterocycles. The van der Waals surface area contributed by atoms with Crippen LogP contribution in [-0.2, 0) is 17.8 Å². The van der Waals surface area contributed by atoms with Crippen LogP contribution in [0.5, 0.6) is 0 Å². The quantitative estimate of drug-likeness (QED) is 0.350. The van der Waals surface area contributed by atoms with Crippen LogP contribution in [-0.4, -0.2) is 42.1 Å². The van der Waals surface area contributed by atoms with Gasteiger partial charge in [0.1, 0.15) is 18.0 Å². The highest BCUT2D eigenvalue weighted by Gasteiger charge is 2.02. The monoisotopic (exact) mass is 355 g/mol. The van der Waals surface area contributed by atoms with Gasteiger partial charge in [0.15, 0.2) is 5.96 Å². The number of ether oxygens (including phenoxy) is 1. The van der Waals surface area contributed by atoms with Gasteiger partial charge in [-0.3, -0.25) is 4.99 Å². The van der Waals surface area contributed by atoms with Crippen molar-refractivity contribution in [1.29, 1.82) is 0 Å². The molecule has 138 valence electrons. The minimum absolute atomic E-state index is 0.513. The minimum Gasteiger partial charge on any atom is -0.467 e. The van der Waals surface area contributed by atoms with Crippen LogP contribution in [0.2, 0.25) is 0 Å². The van der Waals surface area contributed by atoms with E-state index >= 15 is 0 Å². The summed E-state index contributed by atoms with van der Waals surface area (Å²) in [6, 6.07) is 9.77. The van der Waals surface area contributed by atoms with E-state index in [-0.39, 0.29) is 0 Å². The standard InChI is InChI=1S/C19H25N5O2/c1-20-19(21-9-5-12-25-15-17-6-4-13-26-17)22-10-8-16-14-24-11-3-2-7-18(24)23-16/h2-4,6-7,11,13-14H,5,8-10,12,15H2,1H3,(H2,20,21,22). The van der Waals surface area contributed by atoms with E-state index in [9.17, 15) is 0 Å². The third kappa shape index (κ3) is 5.35. The second-order valence-electron chi connectivity index (χ2n) is 5.86. The average molecular weight is 355 g/mol. The summed E-state index contributed by atoms with van der Waals surface area (Å²) in [6.45, 7) is 2.76. The molecule has 0 aromatic carbocycles. The van der Waals surface area contributed by atoms with Crippen LogP contribution in [0.4, 0.5) is 0 Å². The maximum Gasteiger partial charge on any atom is 0.190 e. The largest absolute Gasteiger partial charge is 0.467 e. The Balaban J connectivity index is 1.29. The summed E-state index contributed by atoms with van der Waals surface area (Å²) in [5.74, 6) is 1.64. The van der Waals surface area contributed by atoms with Gasteiger partial charge in [-0.2, -0.15) is 0 Å². The van der Waals surface area contributed by atoms with Gasteiger partial charge in [0, 0.05) is 45.6 Å². The summed E-state index contributed by atoms with van der Waals surface area (Å²) in [4.78, 5) is 8.82. The number of aromatic nitrogens is 2. The Labute approximate surface area is 153 Å². The first-order valence-corrected chi connectivity index (χ1v) is 8.82. The van der Waals surface area contributed by atoms with Gasteiger partial charge in [-0.1, -0.05) is 6.07 Å². The second kappa shape index (κ2) is 9.62. The molecule has 0 radical (unpaired) electrons. The smallest absolute Gasteiger partial charge is 0.190 e. The molecule has 26 heavy (non-hydrogen) atoms. The topological polar surface area (TPSA) is 76.1 Å². The summed E-state index contributed by atoms with van der Waals surface area (Å²) in [6.07, 6.45) is 7.46. The number of hydrogen-bond donors (Lipinski definition) is 2. The number of hydrogen-bond acceptors (Lipinski definition) is 4. The number of fused-ring (bicyclic) bond motifs is 1. The molecule has 0 bridgehead atoms. The van der Waals surface area contributed by atoms with Crippen molar-refractivity contribution < 1.29 is 9.15 Å². The zero-order valence-corrected chi connectivity index (χ0v) is 15.0. The van der Waals surface area contributed by atoms with Crippen molar-refractivity contribution >= 4 is 11.6 Å². The van der Waals surface area contributed by atoms with Crippen molar-refractivity contribution in [3.63, 3.8) is 0 Å². The normalized spacial score (nSPS) is 11.8. The number of pyridine rings is 1. The molecule has 7 nitrogen and oxygen atoms in total. The lowest BCUT2D eigenvalue weighted by atomic mass is 10.3. The van der Waals surface area contributed by atoms with E-state index in [1.807, 2.05) is 40.9 Å². The molecule has 0 aliphatic carbocycles. The van der Waals surface area contributed by atoms with E-state index < -0.39 is 0 Å². The Morgan fingerprint density at radius 2 is 2.15 bits per heavy atom. The maximum atomic E-state index is 5.56. The highest BCUT2D eigenvalue weighted by Crippen LogP contribution is 2.04. The van der Waals surface area contributed by atoms with Gasteiger partial charge >= 0.3 is 0 Å². The summed E-state index contributed by atoms with van der Waals surface area (Å²) < 4.78 is 12.8. The van der Waals surface area contributed by atoms with E-state index in [1.165, 1.54) is 0 Å². The number of nitrogens with one attached hydrogen (secondary N) is 2. The van der Waals surface area contributed by atoms with E-state index in [1.54, 1.807) is 13.3 Å². The molecule has 3 aromatic rings. The predicted molar refractivity (Wildman–Crippen MR) is 101 cm³/mol. The fourth-order valence-electron chi connectivity index (χ4n) is 2.59. The van der Waals surface area contributed by atoms with Gasteiger partial charge in [0.25, 0.3) is 0 Å². The molecule has 0 unspecified atom stereocenters. The number of rotatable bonds is 9. The summed E-state index contributed by atoms with van der Waals surface area (Å²) >= 11 is 0. The zero-order valence-electron chi connectivity index (χ0n) is 15.0. The van der Waals surface area contributed by atoms with Crippen LogP contribution in [0.25, 0.3) is 5.65 Å². The van der Waals surface area contributed by atoms with Crippen LogP contribution in [0, 0.1) is 0 Å². The Kier molecular flexibility index (Phi) is 6.66.